The maximum Gasteiger partial charge on any atom is 0.218 e. The molecule has 5 heteroatoms. The Hall–Kier alpha value is -1.10. The molecule has 4 nitrogen and oxygen atoms in total. The van der Waals surface area contributed by atoms with Crippen molar-refractivity contribution < 1.29 is 4.74 Å². The molecule has 76 valence electrons. The minimum absolute atomic E-state index is 0.574. The van der Waals surface area contributed by atoms with E-state index < -0.39 is 0 Å². The Labute approximate surface area is 91.5 Å². The Kier molecular flexibility index (Phi) is 4.39. The lowest BCUT2D eigenvalue weighted by atomic mass is 10.5. The summed E-state index contributed by atoms with van der Waals surface area (Å²) in [7, 11) is 0. The SMILES string of the molecule is C=C(Br)CNc1cc(OCC)ncn1. The number of ether oxygens (including phenoxy) is 1. The van der Waals surface area contributed by atoms with Gasteiger partial charge in [-0.1, -0.05) is 22.5 Å². The summed E-state index contributed by atoms with van der Waals surface area (Å²) in [6, 6.07) is 1.75. The van der Waals surface area contributed by atoms with Crippen LogP contribution in [0.4, 0.5) is 5.82 Å². The molecule has 0 atom stereocenters. The van der Waals surface area contributed by atoms with Crippen molar-refractivity contribution in [1.82, 2.24) is 9.97 Å². The molecule has 1 aromatic rings. The van der Waals surface area contributed by atoms with Gasteiger partial charge < -0.3 is 10.1 Å². The summed E-state index contributed by atoms with van der Waals surface area (Å²) >= 11 is 3.25. The predicted octanol–water partition coefficient (Wildman–Crippen LogP) is 2.20. The number of anilines is 1. The molecule has 0 saturated heterocycles. The fourth-order valence-corrected chi connectivity index (χ4v) is 0.990. The van der Waals surface area contributed by atoms with E-state index in [0.29, 0.717) is 19.0 Å². The lowest BCUT2D eigenvalue weighted by Crippen LogP contribution is -2.04. The molecule has 1 heterocycles. The van der Waals surface area contributed by atoms with Crippen molar-refractivity contribution >= 4 is 21.7 Å². The third kappa shape index (κ3) is 3.74. The van der Waals surface area contributed by atoms with Crippen molar-refractivity contribution in [2.75, 3.05) is 18.5 Å². The van der Waals surface area contributed by atoms with Gasteiger partial charge in [0.1, 0.15) is 12.1 Å². The molecule has 0 spiro atoms. The smallest absolute Gasteiger partial charge is 0.218 e. The maximum absolute atomic E-state index is 5.23. The average Bonchev–Trinajstić information content (AvgIpc) is 2.16. The van der Waals surface area contributed by atoms with Crippen LogP contribution >= 0.6 is 15.9 Å². The minimum atomic E-state index is 0.574. The van der Waals surface area contributed by atoms with Gasteiger partial charge in [-0.05, 0) is 6.92 Å². The highest BCUT2D eigenvalue weighted by Crippen LogP contribution is 2.11. The van der Waals surface area contributed by atoms with E-state index in [4.69, 9.17) is 4.74 Å². The summed E-state index contributed by atoms with van der Waals surface area (Å²) in [5, 5.41) is 3.07. The second-order valence-electron chi connectivity index (χ2n) is 2.55. The van der Waals surface area contributed by atoms with Gasteiger partial charge >= 0.3 is 0 Å². The van der Waals surface area contributed by atoms with Gasteiger partial charge in [0.25, 0.3) is 0 Å². The highest BCUT2D eigenvalue weighted by Gasteiger charge is 1.98. The van der Waals surface area contributed by atoms with Crippen LogP contribution in [0.1, 0.15) is 6.92 Å². The molecular weight excluding hydrogens is 246 g/mol. The van der Waals surface area contributed by atoms with Gasteiger partial charge in [0.15, 0.2) is 0 Å². The molecular formula is C9H12BrN3O. The summed E-state index contributed by atoms with van der Waals surface area (Å²) < 4.78 is 6.10. The predicted molar refractivity (Wildman–Crippen MR) is 59.8 cm³/mol. The Morgan fingerprint density at radius 1 is 1.64 bits per heavy atom. The number of aromatic nitrogens is 2. The van der Waals surface area contributed by atoms with Gasteiger partial charge in [0.2, 0.25) is 5.88 Å². The second kappa shape index (κ2) is 5.59. The zero-order valence-electron chi connectivity index (χ0n) is 7.96. The highest BCUT2D eigenvalue weighted by atomic mass is 79.9. The first-order chi connectivity index (χ1) is 6.72. The van der Waals surface area contributed by atoms with Gasteiger partial charge in [-0.2, -0.15) is 0 Å². The Balaban J connectivity index is 2.58. The van der Waals surface area contributed by atoms with E-state index >= 15 is 0 Å². The summed E-state index contributed by atoms with van der Waals surface area (Å²) in [6.45, 7) is 6.85. The summed E-state index contributed by atoms with van der Waals surface area (Å²) in [5.74, 6) is 1.30. The molecule has 0 fully saturated rings. The molecule has 0 aromatic carbocycles. The molecule has 1 aromatic heterocycles. The van der Waals surface area contributed by atoms with Crippen molar-refractivity contribution in [2.45, 2.75) is 6.92 Å². The van der Waals surface area contributed by atoms with Crippen LogP contribution in [0, 0.1) is 0 Å². The first kappa shape index (κ1) is 11.0. The minimum Gasteiger partial charge on any atom is -0.478 e. The van der Waals surface area contributed by atoms with Gasteiger partial charge in [-0.3, -0.25) is 0 Å². The van der Waals surface area contributed by atoms with Crippen LogP contribution < -0.4 is 10.1 Å². The molecule has 0 saturated carbocycles. The summed E-state index contributed by atoms with van der Waals surface area (Å²) in [6.07, 6.45) is 1.46. The number of nitrogens with zero attached hydrogens (tertiary/aromatic N) is 2. The number of halogens is 1. The number of hydrogen-bond donors (Lipinski definition) is 1. The van der Waals surface area contributed by atoms with Crippen molar-refractivity contribution in [1.29, 1.82) is 0 Å². The quantitative estimate of drug-likeness (QED) is 0.879. The Morgan fingerprint density at radius 3 is 3.07 bits per heavy atom. The van der Waals surface area contributed by atoms with Gasteiger partial charge in [-0.15, -0.1) is 0 Å². The molecule has 0 bridgehead atoms. The van der Waals surface area contributed by atoms with Crippen molar-refractivity contribution in [2.24, 2.45) is 0 Å². The van der Waals surface area contributed by atoms with Crippen LogP contribution in [-0.2, 0) is 0 Å². The zero-order chi connectivity index (χ0) is 10.4. The first-order valence-electron chi connectivity index (χ1n) is 4.24. The van der Waals surface area contributed by atoms with E-state index in [0.717, 1.165) is 10.3 Å². The molecule has 0 aliphatic carbocycles. The normalized spacial score (nSPS) is 9.57. The summed E-state index contributed by atoms with van der Waals surface area (Å²) in [5.41, 5.74) is 0. The topological polar surface area (TPSA) is 47.0 Å². The largest absolute Gasteiger partial charge is 0.478 e. The van der Waals surface area contributed by atoms with Gasteiger partial charge in [0, 0.05) is 17.1 Å². The number of nitrogens with one attached hydrogen (secondary N) is 1. The molecule has 1 N–H and O–H groups in total. The van der Waals surface area contributed by atoms with E-state index in [1.165, 1.54) is 6.33 Å². The van der Waals surface area contributed by atoms with Crippen molar-refractivity contribution in [3.05, 3.63) is 23.5 Å². The maximum atomic E-state index is 5.23. The van der Waals surface area contributed by atoms with E-state index in [-0.39, 0.29) is 0 Å². The van der Waals surface area contributed by atoms with E-state index in [1.807, 2.05) is 6.92 Å². The average molecular weight is 258 g/mol. The van der Waals surface area contributed by atoms with Crippen molar-refractivity contribution in [3.8, 4) is 5.88 Å². The van der Waals surface area contributed by atoms with E-state index in [2.05, 4.69) is 37.8 Å². The van der Waals surface area contributed by atoms with Crippen LogP contribution in [0.5, 0.6) is 5.88 Å². The Morgan fingerprint density at radius 2 is 2.43 bits per heavy atom. The molecule has 0 aliphatic rings. The van der Waals surface area contributed by atoms with Crippen LogP contribution in [-0.4, -0.2) is 23.1 Å². The van der Waals surface area contributed by atoms with Crippen LogP contribution in [0.3, 0.4) is 0 Å². The first-order valence-corrected chi connectivity index (χ1v) is 5.03. The zero-order valence-corrected chi connectivity index (χ0v) is 9.54. The molecule has 0 unspecified atom stereocenters. The van der Waals surface area contributed by atoms with Crippen molar-refractivity contribution in [3.63, 3.8) is 0 Å². The van der Waals surface area contributed by atoms with Crippen LogP contribution in [0.15, 0.2) is 23.5 Å². The lowest BCUT2D eigenvalue weighted by Gasteiger charge is -2.05. The molecule has 14 heavy (non-hydrogen) atoms. The monoisotopic (exact) mass is 257 g/mol. The van der Waals surface area contributed by atoms with E-state index in [9.17, 15) is 0 Å². The fraction of sp³-hybridized carbons (Fsp3) is 0.333. The van der Waals surface area contributed by atoms with Gasteiger partial charge in [-0.25, -0.2) is 9.97 Å². The third-order valence-corrected chi connectivity index (χ3v) is 1.68. The molecule has 1 rings (SSSR count). The standard InChI is InChI=1S/C9H12BrN3O/c1-3-14-9-4-8(12-6-13-9)11-5-7(2)10/h4,6H,2-3,5H2,1H3,(H,11,12,13). The second-order valence-corrected chi connectivity index (χ2v) is 3.67. The highest BCUT2D eigenvalue weighted by molar-refractivity contribution is 9.11. The number of rotatable bonds is 5. The molecule has 0 radical (unpaired) electrons. The number of hydrogen-bond acceptors (Lipinski definition) is 4. The van der Waals surface area contributed by atoms with Crippen LogP contribution in [0.2, 0.25) is 0 Å². The molecule has 0 amide bonds. The van der Waals surface area contributed by atoms with Crippen LogP contribution in [0.25, 0.3) is 0 Å². The lowest BCUT2D eigenvalue weighted by molar-refractivity contribution is 0.326. The summed E-state index contributed by atoms with van der Waals surface area (Å²) in [4.78, 5) is 7.98. The third-order valence-electron chi connectivity index (χ3n) is 1.40. The fourth-order valence-electron chi connectivity index (χ4n) is 0.849. The van der Waals surface area contributed by atoms with Gasteiger partial charge in [0.05, 0.1) is 6.61 Å². The molecule has 0 aliphatic heterocycles. The van der Waals surface area contributed by atoms with E-state index in [1.54, 1.807) is 6.07 Å². The Bertz CT molecular complexity index is 317.